The first kappa shape index (κ1) is 22.1. The number of nitrogens with one attached hydrogen (secondary N) is 2. The molecule has 2 unspecified atom stereocenters. The zero-order valence-corrected chi connectivity index (χ0v) is 19.1. The average molecular weight is 431 g/mol. The second kappa shape index (κ2) is 11.0. The highest BCUT2D eigenvalue weighted by Gasteiger charge is 2.29. The SMILES string of the molecule is CN=C(NCc1nccn1CCc1ccccc1)NC1CC(C)N(Cc2ccccc2)C1. The van der Waals surface area contributed by atoms with Crippen LogP contribution in [0.15, 0.2) is 78.0 Å². The third kappa shape index (κ3) is 5.98. The second-order valence-electron chi connectivity index (χ2n) is 8.54. The zero-order valence-electron chi connectivity index (χ0n) is 19.1. The van der Waals surface area contributed by atoms with Crippen LogP contribution in [0.25, 0.3) is 0 Å². The van der Waals surface area contributed by atoms with Crippen LogP contribution in [0.2, 0.25) is 0 Å². The molecule has 0 saturated carbocycles. The Labute approximate surface area is 191 Å². The molecule has 2 heterocycles. The van der Waals surface area contributed by atoms with Crippen LogP contribution in [-0.4, -0.2) is 46.1 Å². The van der Waals surface area contributed by atoms with Crippen LogP contribution >= 0.6 is 0 Å². The first-order valence-electron chi connectivity index (χ1n) is 11.5. The topological polar surface area (TPSA) is 57.5 Å². The molecule has 168 valence electrons. The summed E-state index contributed by atoms with van der Waals surface area (Å²) in [5.41, 5.74) is 2.71. The molecule has 1 aliphatic rings. The summed E-state index contributed by atoms with van der Waals surface area (Å²) in [6, 6.07) is 22.2. The molecule has 0 bridgehead atoms. The number of nitrogens with zero attached hydrogens (tertiary/aromatic N) is 4. The van der Waals surface area contributed by atoms with Gasteiger partial charge in [-0.15, -0.1) is 0 Å². The van der Waals surface area contributed by atoms with Gasteiger partial charge in [-0.3, -0.25) is 9.89 Å². The Morgan fingerprint density at radius 1 is 1.06 bits per heavy atom. The predicted octanol–water partition coefficient (Wildman–Crippen LogP) is 3.45. The number of aromatic nitrogens is 2. The van der Waals surface area contributed by atoms with Gasteiger partial charge >= 0.3 is 0 Å². The van der Waals surface area contributed by atoms with E-state index in [-0.39, 0.29) is 0 Å². The standard InChI is InChI=1S/C26H34N6/c1-21-17-24(20-32(21)19-23-11-7-4-8-12-23)30-26(27-2)29-18-25-28-14-16-31(25)15-13-22-9-5-3-6-10-22/h3-12,14,16,21,24H,13,15,17-20H2,1-2H3,(H2,27,29,30). The molecule has 1 aromatic heterocycles. The van der Waals surface area contributed by atoms with Crippen molar-refractivity contribution in [2.45, 2.75) is 51.5 Å². The third-order valence-electron chi connectivity index (χ3n) is 6.20. The molecule has 2 N–H and O–H groups in total. The van der Waals surface area contributed by atoms with E-state index >= 15 is 0 Å². The molecule has 2 aromatic carbocycles. The number of likely N-dealkylation sites (tertiary alicyclic amines) is 1. The summed E-state index contributed by atoms with van der Waals surface area (Å²) in [4.78, 5) is 11.5. The second-order valence-corrected chi connectivity index (χ2v) is 8.54. The Kier molecular flexibility index (Phi) is 7.56. The molecule has 0 aliphatic carbocycles. The van der Waals surface area contributed by atoms with Crippen LogP contribution in [0, 0.1) is 0 Å². The number of hydrogen-bond donors (Lipinski definition) is 2. The van der Waals surface area contributed by atoms with Crippen LogP contribution in [0.3, 0.4) is 0 Å². The van der Waals surface area contributed by atoms with Gasteiger partial charge < -0.3 is 15.2 Å². The molecule has 1 saturated heterocycles. The van der Waals surface area contributed by atoms with E-state index < -0.39 is 0 Å². The molecule has 4 rings (SSSR count). The van der Waals surface area contributed by atoms with Crippen LogP contribution in [0.4, 0.5) is 0 Å². The summed E-state index contributed by atoms with van der Waals surface area (Å²) in [5.74, 6) is 1.86. The third-order valence-corrected chi connectivity index (χ3v) is 6.20. The van der Waals surface area contributed by atoms with Gasteiger partial charge in [-0.25, -0.2) is 4.98 Å². The van der Waals surface area contributed by atoms with Crippen molar-refractivity contribution in [3.8, 4) is 0 Å². The van der Waals surface area contributed by atoms with E-state index in [1.165, 1.54) is 11.1 Å². The summed E-state index contributed by atoms with van der Waals surface area (Å²) in [6.45, 7) is 5.89. The minimum Gasteiger partial charge on any atom is -0.352 e. The number of aryl methyl sites for hydroxylation is 2. The fourth-order valence-electron chi connectivity index (χ4n) is 4.40. The predicted molar refractivity (Wildman–Crippen MR) is 130 cm³/mol. The minimum absolute atomic E-state index is 0.387. The summed E-state index contributed by atoms with van der Waals surface area (Å²) < 4.78 is 2.21. The molecule has 6 heteroatoms. The molecule has 0 radical (unpaired) electrons. The van der Waals surface area contributed by atoms with E-state index in [0.717, 1.165) is 44.3 Å². The van der Waals surface area contributed by atoms with E-state index in [2.05, 4.69) is 104 Å². The monoisotopic (exact) mass is 430 g/mol. The number of benzene rings is 2. The highest BCUT2D eigenvalue weighted by atomic mass is 15.3. The van der Waals surface area contributed by atoms with Crippen molar-refractivity contribution in [3.05, 3.63) is 90.0 Å². The summed E-state index contributed by atoms with van der Waals surface area (Å²) in [6.07, 6.45) is 6.03. The van der Waals surface area contributed by atoms with Gasteiger partial charge in [0.25, 0.3) is 0 Å². The molecular weight excluding hydrogens is 396 g/mol. The van der Waals surface area contributed by atoms with E-state index in [1.54, 1.807) is 0 Å². The lowest BCUT2D eigenvalue weighted by molar-refractivity contribution is 0.258. The van der Waals surface area contributed by atoms with E-state index in [1.807, 2.05) is 13.2 Å². The smallest absolute Gasteiger partial charge is 0.191 e. The van der Waals surface area contributed by atoms with Crippen LogP contribution in [-0.2, 0) is 26.1 Å². The number of guanidine groups is 1. The molecule has 2 atom stereocenters. The highest BCUT2D eigenvalue weighted by Crippen LogP contribution is 2.20. The lowest BCUT2D eigenvalue weighted by Crippen LogP contribution is -2.44. The Morgan fingerprint density at radius 3 is 2.50 bits per heavy atom. The van der Waals surface area contributed by atoms with Gasteiger partial charge in [0.1, 0.15) is 5.82 Å². The van der Waals surface area contributed by atoms with Crippen molar-refractivity contribution in [1.29, 1.82) is 0 Å². The molecule has 32 heavy (non-hydrogen) atoms. The summed E-state index contributed by atoms with van der Waals surface area (Å²) in [5, 5.41) is 7.07. The van der Waals surface area contributed by atoms with Crippen molar-refractivity contribution in [1.82, 2.24) is 25.1 Å². The molecule has 1 aliphatic heterocycles. The largest absolute Gasteiger partial charge is 0.352 e. The molecule has 0 amide bonds. The maximum atomic E-state index is 4.55. The fraction of sp³-hybridized carbons (Fsp3) is 0.385. The van der Waals surface area contributed by atoms with Gasteiger partial charge in [-0.2, -0.15) is 0 Å². The van der Waals surface area contributed by atoms with Gasteiger partial charge in [-0.1, -0.05) is 60.7 Å². The van der Waals surface area contributed by atoms with Gasteiger partial charge in [0.05, 0.1) is 6.54 Å². The average Bonchev–Trinajstić information content (AvgIpc) is 3.42. The molecule has 6 nitrogen and oxygen atoms in total. The van der Waals surface area contributed by atoms with Crippen molar-refractivity contribution in [2.24, 2.45) is 4.99 Å². The summed E-state index contributed by atoms with van der Waals surface area (Å²) >= 11 is 0. The number of aliphatic imine (C=N–C) groups is 1. The maximum absolute atomic E-state index is 4.55. The van der Waals surface area contributed by atoms with Crippen molar-refractivity contribution < 1.29 is 0 Å². The molecule has 0 spiro atoms. The van der Waals surface area contributed by atoms with Crippen LogP contribution < -0.4 is 10.6 Å². The Hall–Kier alpha value is -3.12. The highest BCUT2D eigenvalue weighted by molar-refractivity contribution is 5.79. The zero-order chi connectivity index (χ0) is 22.2. The normalized spacial score (nSPS) is 19.2. The van der Waals surface area contributed by atoms with Crippen LogP contribution in [0.1, 0.15) is 30.3 Å². The van der Waals surface area contributed by atoms with Gasteiger partial charge in [0, 0.05) is 51.2 Å². The first-order chi connectivity index (χ1) is 15.7. The first-order valence-corrected chi connectivity index (χ1v) is 11.5. The van der Waals surface area contributed by atoms with E-state index in [0.29, 0.717) is 18.6 Å². The van der Waals surface area contributed by atoms with Crippen LogP contribution in [0.5, 0.6) is 0 Å². The Balaban J connectivity index is 1.26. The number of hydrogen-bond acceptors (Lipinski definition) is 3. The van der Waals surface area contributed by atoms with Gasteiger partial charge in [-0.05, 0) is 30.9 Å². The fourth-order valence-corrected chi connectivity index (χ4v) is 4.40. The Bertz CT molecular complexity index is 982. The van der Waals surface area contributed by atoms with Gasteiger partial charge in [0.15, 0.2) is 5.96 Å². The van der Waals surface area contributed by atoms with Crippen molar-refractivity contribution in [2.75, 3.05) is 13.6 Å². The number of imidazole rings is 1. The Morgan fingerprint density at radius 2 is 1.78 bits per heavy atom. The van der Waals surface area contributed by atoms with Crippen molar-refractivity contribution in [3.63, 3.8) is 0 Å². The lowest BCUT2D eigenvalue weighted by atomic mass is 10.1. The quantitative estimate of drug-likeness (QED) is 0.425. The maximum Gasteiger partial charge on any atom is 0.191 e. The lowest BCUT2D eigenvalue weighted by Gasteiger charge is -2.21. The minimum atomic E-state index is 0.387. The summed E-state index contributed by atoms with van der Waals surface area (Å²) in [7, 11) is 1.83. The van der Waals surface area contributed by atoms with Crippen molar-refractivity contribution >= 4 is 5.96 Å². The van der Waals surface area contributed by atoms with E-state index in [4.69, 9.17) is 0 Å². The molecule has 3 aromatic rings. The van der Waals surface area contributed by atoms with Gasteiger partial charge in [0.2, 0.25) is 0 Å². The molecule has 1 fully saturated rings. The molecular formula is C26H34N6. The van der Waals surface area contributed by atoms with E-state index in [9.17, 15) is 0 Å². The number of rotatable bonds is 8.